The van der Waals surface area contributed by atoms with Crippen molar-refractivity contribution in [3.8, 4) is 0 Å². The average molecular weight is 527 g/mol. The van der Waals surface area contributed by atoms with Crippen LogP contribution in [0.3, 0.4) is 0 Å². The molecule has 2 aromatic carbocycles. The van der Waals surface area contributed by atoms with Crippen LogP contribution in [0.25, 0.3) is 0 Å². The molecule has 0 bridgehead atoms. The molecule has 0 spiro atoms. The highest BCUT2D eigenvalue weighted by atomic mass is 79.9. The summed E-state index contributed by atoms with van der Waals surface area (Å²) < 4.78 is 0. The molecular weight excluding hydrogens is 497 g/mol. The van der Waals surface area contributed by atoms with Crippen LogP contribution in [0.4, 0.5) is 0 Å². The van der Waals surface area contributed by atoms with E-state index < -0.39 is 0 Å². The average Bonchev–Trinajstić information content (AvgIpc) is 2.76. The maximum Gasteiger partial charge on any atom is 0.235 e. The van der Waals surface area contributed by atoms with Crippen molar-refractivity contribution in [1.82, 2.24) is 10.0 Å². The van der Waals surface area contributed by atoms with Crippen molar-refractivity contribution in [3.05, 3.63) is 69.7 Å². The van der Waals surface area contributed by atoms with Gasteiger partial charge in [0, 0.05) is 23.1 Å². The van der Waals surface area contributed by atoms with Gasteiger partial charge in [-0.25, -0.2) is 10.0 Å². The lowest BCUT2D eigenvalue weighted by Crippen LogP contribution is -2.39. The first-order chi connectivity index (χ1) is 14.5. The molecule has 1 N–H and O–H groups in total. The van der Waals surface area contributed by atoms with Crippen molar-refractivity contribution < 1.29 is 0 Å². The molecule has 31 heavy (non-hydrogen) atoms. The van der Waals surface area contributed by atoms with Gasteiger partial charge in [-0.15, -0.1) is 17.0 Å². The van der Waals surface area contributed by atoms with E-state index in [9.17, 15) is 0 Å². The first-order valence-corrected chi connectivity index (χ1v) is 11.0. The van der Waals surface area contributed by atoms with Gasteiger partial charge in [0.15, 0.2) is 0 Å². The predicted octanol–water partition coefficient (Wildman–Crippen LogP) is 7.08. The summed E-state index contributed by atoms with van der Waals surface area (Å²) in [5, 5.41) is 22.6. The Labute approximate surface area is 206 Å². The van der Waals surface area contributed by atoms with Crippen molar-refractivity contribution in [2.45, 2.75) is 39.5 Å². The van der Waals surface area contributed by atoms with Gasteiger partial charge in [0.1, 0.15) is 0 Å². The normalized spacial score (nSPS) is 11.0. The second kappa shape index (κ2) is 15.0. The molecule has 0 atom stereocenters. The topological polar surface area (TPSA) is 55.1 Å². The van der Waals surface area contributed by atoms with Crippen LogP contribution in [0.2, 0.25) is 10.0 Å². The zero-order chi connectivity index (χ0) is 21.8. The van der Waals surface area contributed by atoms with E-state index in [-0.39, 0.29) is 22.9 Å². The summed E-state index contributed by atoms with van der Waals surface area (Å²) in [5.41, 5.74) is 1.86. The van der Waals surface area contributed by atoms with E-state index in [0.29, 0.717) is 23.1 Å². The van der Waals surface area contributed by atoms with E-state index in [4.69, 9.17) is 28.6 Å². The van der Waals surface area contributed by atoms with Gasteiger partial charge in [0.05, 0.1) is 12.4 Å². The van der Waals surface area contributed by atoms with Crippen LogP contribution in [-0.2, 0) is 0 Å². The molecule has 8 heteroatoms. The van der Waals surface area contributed by atoms with Gasteiger partial charge in [-0.1, -0.05) is 74.2 Å². The van der Waals surface area contributed by atoms with E-state index in [1.807, 2.05) is 48.5 Å². The number of benzene rings is 2. The molecule has 5 nitrogen and oxygen atoms in total. The lowest BCUT2D eigenvalue weighted by Gasteiger charge is -2.26. The first kappa shape index (κ1) is 27.1. The molecule has 0 aliphatic heterocycles. The Morgan fingerprint density at radius 3 is 1.45 bits per heavy atom. The van der Waals surface area contributed by atoms with Gasteiger partial charge in [-0.2, -0.15) is 10.2 Å². The van der Waals surface area contributed by atoms with Crippen LogP contribution in [0.1, 0.15) is 50.7 Å². The summed E-state index contributed by atoms with van der Waals surface area (Å²) in [6, 6.07) is 14.9. The van der Waals surface area contributed by atoms with Crippen LogP contribution in [0.15, 0.2) is 58.7 Å². The zero-order valence-corrected chi connectivity index (χ0v) is 21.2. The highest BCUT2D eigenvalue weighted by Gasteiger charge is 2.15. The highest BCUT2D eigenvalue weighted by molar-refractivity contribution is 8.93. The number of guanidine groups is 1. The number of nitrogens with one attached hydrogen (secondary N) is 1. The van der Waals surface area contributed by atoms with Gasteiger partial charge in [-0.3, -0.25) is 5.41 Å². The van der Waals surface area contributed by atoms with Crippen molar-refractivity contribution in [2.75, 3.05) is 13.1 Å². The van der Waals surface area contributed by atoms with Gasteiger partial charge in [-0.05, 0) is 48.2 Å². The molecule has 0 amide bonds. The molecule has 0 saturated heterocycles. The number of nitrogens with zero attached hydrogens (tertiary/aromatic N) is 4. The smallest absolute Gasteiger partial charge is 0.235 e. The van der Waals surface area contributed by atoms with E-state index in [1.165, 1.54) is 0 Å². The molecule has 0 aromatic heterocycles. The number of rotatable bonds is 10. The molecule has 2 rings (SSSR count). The van der Waals surface area contributed by atoms with Crippen LogP contribution in [-0.4, -0.2) is 41.5 Å². The number of halogens is 3. The molecule has 0 fully saturated rings. The quantitative estimate of drug-likeness (QED) is 0.204. The standard InChI is InChI=1S/C23H29Cl2N5.BrH/c1-3-5-15-29(27-17-19-7-11-21(24)12-8-19)23(26)30(16-6-4-2)28-18-20-9-13-22(25)14-10-20;/h7-14,17-18,26H,3-6,15-16H2,1-2H3;1H/b27-17+,28-18+;. The molecule has 2 aromatic rings. The second-order valence-corrected chi connectivity index (χ2v) is 7.74. The lowest BCUT2D eigenvalue weighted by molar-refractivity contribution is 0.323. The maximum atomic E-state index is 8.74. The predicted molar refractivity (Wildman–Crippen MR) is 139 cm³/mol. The minimum absolute atomic E-state index is 0. The SMILES string of the molecule is Br.CCCCN(/N=C/c1ccc(Cl)cc1)C(=N)N(CCCC)/N=C/c1ccc(Cl)cc1. The van der Waals surface area contributed by atoms with Crippen LogP contribution in [0.5, 0.6) is 0 Å². The van der Waals surface area contributed by atoms with E-state index in [2.05, 4.69) is 24.1 Å². The van der Waals surface area contributed by atoms with Crippen LogP contribution < -0.4 is 0 Å². The van der Waals surface area contributed by atoms with E-state index in [1.54, 1.807) is 22.4 Å². The molecule has 0 aliphatic carbocycles. The third kappa shape index (κ3) is 9.85. The fourth-order valence-electron chi connectivity index (χ4n) is 2.56. The third-order valence-corrected chi connectivity index (χ3v) is 4.87. The number of hydrogen-bond acceptors (Lipinski definition) is 3. The Hall–Kier alpha value is -1.89. The van der Waals surface area contributed by atoms with Crippen LogP contribution in [0, 0.1) is 5.41 Å². The Morgan fingerprint density at radius 1 is 0.774 bits per heavy atom. The van der Waals surface area contributed by atoms with Gasteiger partial charge >= 0.3 is 0 Å². The van der Waals surface area contributed by atoms with Gasteiger partial charge in [0.25, 0.3) is 0 Å². The Kier molecular flexibility index (Phi) is 13.1. The molecule has 0 heterocycles. The minimum Gasteiger partial charge on any atom is -0.266 e. The molecule has 0 radical (unpaired) electrons. The molecule has 0 aliphatic rings. The second-order valence-electron chi connectivity index (χ2n) is 6.87. The molecule has 168 valence electrons. The maximum absolute atomic E-state index is 8.74. The Morgan fingerprint density at radius 2 is 1.13 bits per heavy atom. The van der Waals surface area contributed by atoms with Gasteiger partial charge < -0.3 is 0 Å². The first-order valence-electron chi connectivity index (χ1n) is 10.3. The van der Waals surface area contributed by atoms with Crippen molar-refractivity contribution >= 4 is 58.6 Å². The fourth-order valence-corrected chi connectivity index (χ4v) is 2.81. The largest absolute Gasteiger partial charge is 0.266 e. The van der Waals surface area contributed by atoms with Crippen LogP contribution >= 0.6 is 40.2 Å². The van der Waals surface area contributed by atoms with Gasteiger partial charge in [0.2, 0.25) is 5.96 Å². The molecular formula is C23H30BrCl2N5. The number of hydrazone groups is 2. The Bertz CT molecular complexity index is 769. The minimum atomic E-state index is 0. The monoisotopic (exact) mass is 525 g/mol. The Balaban J connectivity index is 0.00000480. The van der Waals surface area contributed by atoms with E-state index >= 15 is 0 Å². The summed E-state index contributed by atoms with van der Waals surface area (Å²) >= 11 is 11.9. The summed E-state index contributed by atoms with van der Waals surface area (Å²) in [6.07, 6.45) is 7.40. The fraction of sp³-hybridized carbons (Fsp3) is 0.348. The van der Waals surface area contributed by atoms with Crippen molar-refractivity contribution in [3.63, 3.8) is 0 Å². The summed E-state index contributed by atoms with van der Waals surface area (Å²) in [7, 11) is 0. The molecule has 0 unspecified atom stereocenters. The lowest BCUT2D eigenvalue weighted by atomic mass is 10.2. The van der Waals surface area contributed by atoms with E-state index in [0.717, 1.165) is 36.8 Å². The summed E-state index contributed by atoms with van der Waals surface area (Å²) in [4.78, 5) is 0. The van der Waals surface area contributed by atoms with Crippen molar-refractivity contribution in [1.29, 1.82) is 5.41 Å². The molecule has 0 saturated carbocycles. The number of unbranched alkanes of at least 4 members (excludes halogenated alkanes) is 2. The summed E-state index contributed by atoms with van der Waals surface area (Å²) in [5.74, 6) is 0.257. The highest BCUT2D eigenvalue weighted by Crippen LogP contribution is 2.11. The summed E-state index contributed by atoms with van der Waals surface area (Å²) in [6.45, 7) is 5.55. The zero-order valence-electron chi connectivity index (χ0n) is 18.0. The number of hydrogen-bond donors (Lipinski definition) is 1. The third-order valence-electron chi connectivity index (χ3n) is 4.37. The van der Waals surface area contributed by atoms with Crippen molar-refractivity contribution in [2.24, 2.45) is 10.2 Å².